The van der Waals surface area contributed by atoms with Crippen LogP contribution in [0, 0.1) is 0 Å². The van der Waals surface area contributed by atoms with E-state index in [-0.39, 0.29) is 5.78 Å². The summed E-state index contributed by atoms with van der Waals surface area (Å²) in [5.41, 5.74) is 1.40. The number of ketones is 1. The zero-order chi connectivity index (χ0) is 12.5. The monoisotopic (exact) mass is 317 g/mol. The summed E-state index contributed by atoms with van der Waals surface area (Å²) in [7, 11) is 0. The second kappa shape index (κ2) is 4.63. The van der Waals surface area contributed by atoms with Gasteiger partial charge in [-0.25, -0.2) is 0 Å². The zero-order valence-corrected chi connectivity index (χ0v) is 11.7. The minimum Gasteiger partial charge on any atom is -0.288 e. The van der Waals surface area contributed by atoms with Crippen LogP contribution in [0.3, 0.4) is 0 Å². The highest BCUT2D eigenvalue weighted by Crippen LogP contribution is 2.27. The molecule has 3 rings (SSSR count). The number of hydrogen-bond acceptors (Lipinski definition) is 3. The molecule has 0 aliphatic carbocycles. The summed E-state index contributed by atoms with van der Waals surface area (Å²) in [5.74, 6) is 0.0150. The highest BCUT2D eigenvalue weighted by Gasteiger charge is 2.16. The minimum absolute atomic E-state index is 0.0150. The van der Waals surface area contributed by atoms with Gasteiger partial charge in [-0.05, 0) is 39.5 Å². The number of thiophene rings is 1. The Balaban J connectivity index is 2.21. The summed E-state index contributed by atoms with van der Waals surface area (Å²) < 4.78 is 0.838. The third kappa shape index (κ3) is 1.87. The minimum atomic E-state index is 0.0150. The van der Waals surface area contributed by atoms with Crippen molar-refractivity contribution < 1.29 is 4.79 Å². The number of nitrogens with zero attached hydrogens (tertiary/aromatic N) is 1. The molecule has 3 aromatic rings. The van der Waals surface area contributed by atoms with Gasteiger partial charge in [0.05, 0.1) is 10.4 Å². The molecule has 0 atom stereocenters. The number of hydrogen-bond donors (Lipinski definition) is 0. The number of pyridine rings is 1. The second-order valence-electron chi connectivity index (χ2n) is 3.81. The van der Waals surface area contributed by atoms with Crippen molar-refractivity contribution >= 4 is 44.0 Å². The third-order valence-corrected chi connectivity index (χ3v) is 4.54. The lowest BCUT2D eigenvalue weighted by molar-refractivity contribution is 0.104. The maximum Gasteiger partial charge on any atom is 0.206 e. The van der Waals surface area contributed by atoms with E-state index in [1.807, 2.05) is 41.8 Å². The number of carbonyl (C=O) groups is 1. The predicted molar refractivity (Wildman–Crippen MR) is 77.2 cm³/mol. The van der Waals surface area contributed by atoms with Crippen molar-refractivity contribution in [1.29, 1.82) is 0 Å². The zero-order valence-electron chi connectivity index (χ0n) is 9.26. The largest absolute Gasteiger partial charge is 0.288 e. The maximum atomic E-state index is 12.5. The highest BCUT2D eigenvalue weighted by atomic mass is 79.9. The first-order valence-corrected chi connectivity index (χ1v) is 7.06. The van der Waals surface area contributed by atoms with Crippen molar-refractivity contribution in [2.24, 2.45) is 0 Å². The fourth-order valence-corrected chi connectivity index (χ4v) is 3.37. The number of carbonyl (C=O) groups excluding carboxylic acids is 1. The number of rotatable bonds is 2. The third-order valence-electron chi connectivity index (χ3n) is 2.70. The van der Waals surface area contributed by atoms with Gasteiger partial charge in [-0.15, -0.1) is 11.3 Å². The molecule has 0 bridgehead atoms. The fraction of sp³-hybridized carbons (Fsp3) is 0. The molecule has 0 amide bonds. The van der Waals surface area contributed by atoms with Crippen LogP contribution < -0.4 is 0 Å². The molecule has 0 unspecified atom stereocenters. The van der Waals surface area contributed by atoms with Crippen LogP contribution in [0.5, 0.6) is 0 Å². The van der Waals surface area contributed by atoms with E-state index >= 15 is 0 Å². The molecule has 4 heteroatoms. The molecule has 0 fully saturated rings. The van der Waals surface area contributed by atoms with Crippen molar-refractivity contribution in [2.45, 2.75) is 0 Å². The van der Waals surface area contributed by atoms with Gasteiger partial charge in [0.15, 0.2) is 0 Å². The lowest BCUT2D eigenvalue weighted by Crippen LogP contribution is -2.01. The molecular weight excluding hydrogens is 310 g/mol. The van der Waals surface area contributed by atoms with Gasteiger partial charge in [-0.2, -0.15) is 0 Å². The fourth-order valence-electron chi connectivity index (χ4n) is 1.87. The van der Waals surface area contributed by atoms with Crippen LogP contribution in [0.15, 0.2) is 52.4 Å². The van der Waals surface area contributed by atoms with Gasteiger partial charge in [-0.3, -0.25) is 9.78 Å². The second-order valence-corrected chi connectivity index (χ2v) is 5.58. The van der Waals surface area contributed by atoms with Crippen LogP contribution in [0.25, 0.3) is 10.9 Å². The number of para-hydroxylation sites is 1. The average Bonchev–Trinajstić information content (AvgIpc) is 2.83. The summed E-state index contributed by atoms with van der Waals surface area (Å²) in [6.45, 7) is 0. The average molecular weight is 318 g/mol. The van der Waals surface area contributed by atoms with Crippen LogP contribution >= 0.6 is 27.3 Å². The molecule has 0 saturated carbocycles. The molecule has 0 aliphatic rings. The van der Waals surface area contributed by atoms with E-state index in [9.17, 15) is 4.79 Å². The molecule has 0 spiro atoms. The van der Waals surface area contributed by atoms with Crippen molar-refractivity contribution in [3.8, 4) is 0 Å². The van der Waals surface area contributed by atoms with E-state index in [0.29, 0.717) is 10.4 Å². The van der Waals surface area contributed by atoms with Crippen LogP contribution in [-0.4, -0.2) is 10.8 Å². The van der Waals surface area contributed by atoms with Gasteiger partial charge >= 0.3 is 0 Å². The van der Waals surface area contributed by atoms with E-state index in [1.165, 1.54) is 11.3 Å². The molecule has 18 heavy (non-hydrogen) atoms. The maximum absolute atomic E-state index is 12.5. The van der Waals surface area contributed by atoms with Gasteiger partial charge in [0.1, 0.15) is 0 Å². The lowest BCUT2D eigenvalue weighted by atomic mass is 10.1. The van der Waals surface area contributed by atoms with Crippen molar-refractivity contribution in [3.05, 3.63) is 62.9 Å². The quantitative estimate of drug-likeness (QED) is 0.660. The van der Waals surface area contributed by atoms with Gasteiger partial charge in [0, 0.05) is 21.6 Å². The molecule has 2 heterocycles. The highest BCUT2D eigenvalue weighted by molar-refractivity contribution is 9.10. The Kier molecular flexibility index (Phi) is 2.97. The van der Waals surface area contributed by atoms with Crippen LogP contribution in [0.2, 0.25) is 0 Å². The number of aromatic nitrogens is 1. The lowest BCUT2D eigenvalue weighted by Gasteiger charge is -2.03. The Morgan fingerprint density at radius 1 is 1.17 bits per heavy atom. The molecule has 2 aromatic heterocycles. The van der Waals surface area contributed by atoms with Crippen LogP contribution in [-0.2, 0) is 0 Å². The standard InChI is InChI=1S/C14H8BrNOS/c15-11-6-8-18-14(11)13(17)10-5-1-3-9-4-2-7-16-12(9)10/h1-8H. The molecule has 0 radical (unpaired) electrons. The van der Waals surface area contributed by atoms with Crippen LogP contribution in [0.4, 0.5) is 0 Å². The topological polar surface area (TPSA) is 30.0 Å². The molecule has 88 valence electrons. The van der Waals surface area contributed by atoms with E-state index in [4.69, 9.17) is 0 Å². The van der Waals surface area contributed by atoms with E-state index in [1.54, 1.807) is 6.20 Å². The van der Waals surface area contributed by atoms with Gasteiger partial charge in [0.25, 0.3) is 0 Å². The summed E-state index contributed by atoms with van der Waals surface area (Å²) >= 11 is 4.83. The summed E-state index contributed by atoms with van der Waals surface area (Å²) in [6.07, 6.45) is 1.71. The van der Waals surface area contributed by atoms with Crippen molar-refractivity contribution in [2.75, 3.05) is 0 Å². The van der Waals surface area contributed by atoms with E-state index in [0.717, 1.165) is 15.4 Å². The van der Waals surface area contributed by atoms with Gasteiger partial charge < -0.3 is 0 Å². The normalized spacial score (nSPS) is 10.7. The number of halogens is 1. The van der Waals surface area contributed by atoms with E-state index < -0.39 is 0 Å². The van der Waals surface area contributed by atoms with E-state index in [2.05, 4.69) is 20.9 Å². The Morgan fingerprint density at radius 2 is 2.00 bits per heavy atom. The molecule has 0 aliphatic heterocycles. The number of fused-ring (bicyclic) bond motifs is 1. The van der Waals surface area contributed by atoms with Crippen molar-refractivity contribution in [1.82, 2.24) is 4.98 Å². The molecule has 0 saturated heterocycles. The van der Waals surface area contributed by atoms with Gasteiger partial charge in [0.2, 0.25) is 5.78 Å². The van der Waals surface area contributed by atoms with Crippen LogP contribution in [0.1, 0.15) is 15.2 Å². The molecule has 1 aromatic carbocycles. The predicted octanol–water partition coefficient (Wildman–Crippen LogP) is 4.29. The first-order chi connectivity index (χ1) is 8.77. The molecule has 2 nitrogen and oxygen atoms in total. The first-order valence-electron chi connectivity index (χ1n) is 5.39. The Hall–Kier alpha value is -1.52. The SMILES string of the molecule is O=C(c1sccc1Br)c1cccc2cccnc12. The van der Waals surface area contributed by atoms with Gasteiger partial charge in [-0.1, -0.05) is 18.2 Å². The summed E-state index contributed by atoms with van der Waals surface area (Å²) in [4.78, 5) is 17.5. The Labute approximate surface area is 116 Å². The summed E-state index contributed by atoms with van der Waals surface area (Å²) in [5, 5.41) is 2.88. The Bertz CT molecular complexity index is 730. The smallest absolute Gasteiger partial charge is 0.206 e. The Morgan fingerprint density at radius 3 is 2.78 bits per heavy atom. The molecular formula is C14H8BrNOS. The summed E-state index contributed by atoms with van der Waals surface area (Å²) in [6, 6.07) is 11.4. The molecule has 0 N–H and O–H groups in total. The van der Waals surface area contributed by atoms with Crippen molar-refractivity contribution in [3.63, 3.8) is 0 Å². The number of benzene rings is 1. The first kappa shape index (κ1) is 11.6.